The van der Waals surface area contributed by atoms with E-state index < -0.39 is 11.7 Å². The molecule has 2 aromatic rings. The van der Waals surface area contributed by atoms with Gasteiger partial charge in [0, 0.05) is 11.8 Å². The Morgan fingerprint density at radius 1 is 1.00 bits per heavy atom. The molecule has 2 atom stereocenters. The van der Waals surface area contributed by atoms with Gasteiger partial charge in [0.1, 0.15) is 11.7 Å². The van der Waals surface area contributed by atoms with Gasteiger partial charge in [-0.25, -0.2) is 4.39 Å². The predicted molar refractivity (Wildman–Crippen MR) is 112 cm³/mol. The van der Waals surface area contributed by atoms with E-state index in [-0.39, 0.29) is 34.7 Å². The Hall–Kier alpha value is -3.00. The zero-order valence-electron chi connectivity index (χ0n) is 17.4. The van der Waals surface area contributed by atoms with Crippen LogP contribution in [0.15, 0.2) is 36.4 Å². The molecule has 4 fully saturated rings. The van der Waals surface area contributed by atoms with Crippen LogP contribution in [0.4, 0.5) is 4.39 Å². The second kappa shape index (κ2) is 7.60. The standard InChI is InChI=1S/C26H24FNO3/c1-2-15-8-9-18(31-21-10-3-14(13-28)11-20(21)27)12-19(15)24-25(29)22-16-4-5-17(7-6-16)23(22)26(24)30/h3,8-12,16-17,22-24H,2,4-7H2,1H3. The van der Waals surface area contributed by atoms with Gasteiger partial charge in [0.25, 0.3) is 0 Å². The highest BCUT2D eigenvalue weighted by Crippen LogP contribution is 2.56. The van der Waals surface area contributed by atoms with E-state index in [1.54, 1.807) is 12.1 Å². The average molecular weight is 417 g/mol. The summed E-state index contributed by atoms with van der Waals surface area (Å²) in [5, 5.41) is 8.92. The number of rotatable bonds is 4. The summed E-state index contributed by atoms with van der Waals surface area (Å²) in [5.74, 6) is -0.412. The number of halogens is 1. The largest absolute Gasteiger partial charge is 0.454 e. The number of hydrogen-bond acceptors (Lipinski definition) is 4. The number of ketones is 2. The van der Waals surface area contributed by atoms with E-state index in [0.29, 0.717) is 29.6 Å². The highest BCUT2D eigenvalue weighted by molar-refractivity contribution is 6.16. The minimum Gasteiger partial charge on any atom is -0.454 e. The van der Waals surface area contributed by atoms with Crippen LogP contribution in [0.5, 0.6) is 11.5 Å². The fourth-order valence-electron chi connectivity index (χ4n) is 6.11. The topological polar surface area (TPSA) is 67.2 Å². The Morgan fingerprint density at radius 2 is 1.65 bits per heavy atom. The van der Waals surface area contributed by atoms with Crippen LogP contribution in [-0.4, -0.2) is 11.6 Å². The number of fused-ring (bicyclic) bond motifs is 2. The van der Waals surface area contributed by atoms with Crippen molar-refractivity contribution >= 4 is 11.6 Å². The van der Waals surface area contributed by atoms with Gasteiger partial charge < -0.3 is 4.74 Å². The summed E-state index contributed by atoms with van der Waals surface area (Å²) in [4.78, 5) is 26.9. The number of benzene rings is 2. The van der Waals surface area contributed by atoms with Crippen LogP contribution in [0.3, 0.4) is 0 Å². The SMILES string of the molecule is CCc1ccc(Oc2ccc(C#N)cc2F)cc1C1C(=O)C2C3CCC(CC3)C2C1=O. The Balaban J connectivity index is 1.50. The summed E-state index contributed by atoms with van der Waals surface area (Å²) in [6, 6.07) is 11.3. The fourth-order valence-corrected chi connectivity index (χ4v) is 6.11. The molecule has 2 bridgehead atoms. The first-order valence-corrected chi connectivity index (χ1v) is 11.1. The van der Waals surface area contributed by atoms with Gasteiger partial charge in [0.05, 0.1) is 11.6 Å². The van der Waals surface area contributed by atoms with Crippen LogP contribution in [-0.2, 0) is 16.0 Å². The van der Waals surface area contributed by atoms with Crippen LogP contribution in [0.2, 0.25) is 0 Å². The molecule has 0 aromatic heterocycles. The van der Waals surface area contributed by atoms with E-state index in [1.165, 1.54) is 12.1 Å². The van der Waals surface area contributed by atoms with Crippen molar-refractivity contribution in [3.05, 3.63) is 58.9 Å². The quantitative estimate of drug-likeness (QED) is 0.630. The molecule has 0 saturated heterocycles. The molecule has 2 aromatic carbocycles. The summed E-state index contributed by atoms with van der Waals surface area (Å²) in [7, 11) is 0. The molecule has 0 N–H and O–H groups in total. The van der Waals surface area contributed by atoms with Crippen LogP contribution >= 0.6 is 0 Å². The summed E-state index contributed by atoms with van der Waals surface area (Å²) in [6.45, 7) is 2.00. The molecule has 31 heavy (non-hydrogen) atoms. The van der Waals surface area contributed by atoms with Gasteiger partial charge in [0.15, 0.2) is 23.1 Å². The van der Waals surface area contributed by atoms with Crippen molar-refractivity contribution in [2.45, 2.75) is 44.9 Å². The van der Waals surface area contributed by atoms with Crippen molar-refractivity contribution in [3.63, 3.8) is 0 Å². The van der Waals surface area contributed by atoms with Crippen LogP contribution < -0.4 is 4.74 Å². The molecule has 0 spiro atoms. The number of ether oxygens (including phenoxy) is 1. The lowest BCUT2D eigenvalue weighted by molar-refractivity contribution is -0.129. The first-order valence-electron chi connectivity index (χ1n) is 11.1. The van der Waals surface area contributed by atoms with Crippen molar-refractivity contribution in [1.82, 2.24) is 0 Å². The molecule has 6 rings (SSSR count). The first-order chi connectivity index (χ1) is 15.0. The number of carbonyl (C=O) groups excluding carboxylic acids is 2. The van der Waals surface area contributed by atoms with Gasteiger partial charge in [-0.3, -0.25) is 9.59 Å². The zero-order chi connectivity index (χ0) is 21.7. The van der Waals surface area contributed by atoms with E-state index in [0.717, 1.165) is 37.3 Å². The monoisotopic (exact) mass is 417 g/mol. The fraction of sp³-hybridized carbons (Fsp3) is 0.423. The number of Topliss-reactive ketones (excluding diaryl/α,β-unsaturated/α-hetero) is 2. The van der Waals surface area contributed by atoms with Crippen molar-refractivity contribution in [2.24, 2.45) is 23.7 Å². The number of nitrogens with zero attached hydrogens (tertiary/aromatic N) is 1. The third kappa shape index (κ3) is 3.17. The third-order valence-electron chi connectivity index (χ3n) is 7.54. The Labute approximate surface area is 181 Å². The van der Waals surface area contributed by atoms with Gasteiger partial charge in [-0.1, -0.05) is 13.0 Å². The molecule has 4 aliphatic rings. The summed E-state index contributed by atoms with van der Waals surface area (Å²) in [6.07, 6.45) is 4.91. The molecule has 0 radical (unpaired) electrons. The van der Waals surface area contributed by atoms with Crippen LogP contribution in [0, 0.1) is 40.8 Å². The van der Waals surface area contributed by atoms with Gasteiger partial charge in [-0.05, 0) is 85.4 Å². The van der Waals surface area contributed by atoms with Crippen molar-refractivity contribution < 1.29 is 18.7 Å². The zero-order valence-corrected chi connectivity index (χ0v) is 17.4. The lowest BCUT2D eigenvalue weighted by Gasteiger charge is -2.43. The number of hydrogen-bond donors (Lipinski definition) is 0. The maximum Gasteiger partial charge on any atom is 0.167 e. The molecule has 0 heterocycles. The van der Waals surface area contributed by atoms with Crippen LogP contribution in [0.25, 0.3) is 0 Å². The minimum absolute atomic E-state index is 0.00462. The maximum absolute atomic E-state index is 14.3. The summed E-state index contributed by atoms with van der Waals surface area (Å²) in [5.41, 5.74) is 1.87. The second-order valence-electron chi connectivity index (χ2n) is 9.04. The molecule has 5 heteroatoms. The van der Waals surface area contributed by atoms with Crippen molar-refractivity contribution in [2.75, 3.05) is 0 Å². The summed E-state index contributed by atoms with van der Waals surface area (Å²) >= 11 is 0. The van der Waals surface area contributed by atoms with E-state index >= 15 is 0 Å². The van der Waals surface area contributed by atoms with E-state index in [2.05, 4.69) is 0 Å². The molecule has 0 aliphatic heterocycles. The summed E-state index contributed by atoms with van der Waals surface area (Å²) < 4.78 is 20.0. The van der Waals surface area contributed by atoms with Crippen molar-refractivity contribution in [1.29, 1.82) is 5.26 Å². The maximum atomic E-state index is 14.3. The van der Waals surface area contributed by atoms with Gasteiger partial charge in [-0.15, -0.1) is 0 Å². The minimum atomic E-state index is -0.736. The molecule has 158 valence electrons. The highest BCUT2D eigenvalue weighted by atomic mass is 19.1. The molecule has 4 saturated carbocycles. The van der Waals surface area contributed by atoms with Gasteiger partial charge in [0.2, 0.25) is 0 Å². The first kappa shape index (κ1) is 19.9. The van der Waals surface area contributed by atoms with E-state index in [1.807, 2.05) is 19.1 Å². The van der Waals surface area contributed by atoms with E-state index in [4.69, 9.17) is 10.00 Å². The number of carbonyl (C=O) groups is 2. The lowest BCUT2D eigenvalue weighted by Crippen LogP contribution is -2.41. The van der Waals surface area contributed by atoms with Crippen molar-refractivity contribution in [3.8, 4) is 17.6 Å². The smallest absolute Gasteiger partial charge is 0.167 e. The molecule has 4 nitrogen and oxygen atoms in total. The number of aryl methyl sites for hydroxylation is 1. The van der Waals surface area contributed by atoms with Gasteiger partial charge >= 0.3 is 0 Å². The highest BCUT2D eigenvalue weighted by Gasteiger charge is 2.59. The third-order valence-corrected chi connectivity index (χ3v) is 7.54. The molecule has 4 aliphatic carbocycles. The normalized spacial score (nSPS) is 29.0. The molecule has 2 unspecified atom stereocenters. The van der Waals surface area contributed by atoms with E-state index in [9.17, 15) is 14.0 Å². The van der Waals surface area contributed by atoms with Crippen LogP contribution in [0.1, 0.15) is 55.2 Å². The second-order valence-corrected chi connectivity index (χ2v) is 9.04. The Morgan fingerprint density at radius 3 is 2.19 bits per heavy atom. The molecule has 0 amide bonds. The predicted octanol–water partition coefficient (Wildman–Crippen LogP) is 5.34. The Kier molecular flexibility index (Phi) is 4.89. The number of nitriles is 1. The molecular formula is C26H24FNO3. The lowest BCUT2D eigenvalue weighted by atomic mass is 9.59. The Bertz CT molecular complexity index is 1080. The average Bonchev–Trinajstić information content (AvgIpc) is 3.08. The molecular weight excluding hydrogens is 393 g/mol. The van der Waals surface area contributed by atoms with Gasteiger partial charge in [-0.2, -0.15) is 5.26 Å².